The number of hydrogen-bond donors (Lipinski definition) is 2. The molecular formula is C15H22N2O2. The van der Waals surface area contributed by atoms with E-state index >= 15 is 0 Å². The summed E-state index contributed by atoms with van der Waals surface area (Å²) in [6, 6.07) is 5.80. The minimum absolute atomic E-state index is 0.0750. The van der Waals surface area contributed by atoms with Crippen LogP contribution in [0.3, 0.4) is 0 Å². The fourth-order valence-electron chi connectivity index (χ4n) is 2.08. The van der Waals surface area contributed by atoms with Gasteiger partial charge in [0.25, 0.3) is 0 Å². The van der Waals surface area contributed by atoms with E-state index in [2.05, 4.69) is 10.6 Å². The van der Waals surface area contributed by atoms with Gasteiger partial charge in [0.15, 0.2) is 0 Å². The average Bonchev–Trinajstić information content (AvgIpc) is 3.20. The van der Waals surface area contributed by atoms with Crippen LogP contribution in [0, 0.1) is 12.8 Å². The Morgan fingerprint density at radius 3 is 2.84 bits per heavy atom. The highest BCUT2D eigenvalue weighted by molar-refractivity contribution is 5.74. The maximum Gasteiger partial charge on any atom is 0.315 e. The van der Waals surface area contributed by atoms with Crippen molar-refractivity contribution in [2.75, 3.05) is 13.7 Å². The van der Waals surface area contributed by atoms with Crippen molar-refractivity contribution in [2.24, 2.45) is 5.92 Å². The Hall–Kier alpha value is -1.71. The minimum atomic E-state index is -0.108. The summed E-state index contributed by atoms with van der Waals surface area (Å²) in [5.74, 6) is 1.50. The molecule has 0 saturated heterocycles. The topological polar surface area (TPSA) is 50.4 Å². The average molecular weight is 262 g/mol. The van der Waals surface area contributed by atoms with Crippen molar-refractivity contribution in [3.05, 3.63) is 29.3 Å². The highest BCUT2D eigenvalue weighted by atomic mass is 16.5. The van der Waals surface area contributed by atoms with Gasteiger partial charge >= 0.3 is 6.03 Å². The van der Waals surface area contributed by atoms with Crippen LogP contribution >= 0.6 is 0 Å². The Kier molecular flexibility index (Phi) is 4.30. The number of ether oxygens (including phenoxy) is 1. The molecule has 1 aliphatic carbocycles. The quantitative estimate of drug-likeness (QED) is 0.857. The number of methoxy groups -OCH3 is 1. The smallest absolute Gasteiger partial charge is 0.315 e. The summed E-state index contributed by atoms with van der Waals surface area (Å²) in [7, 11) is 1.65. The number of urea groups is 1. The third-order valence-electron chi connectivity index (χ3n) is 3.45. The maximum absolute atomic E-state index is 11.8. The molecule has 1 aromatic rings. The van der Waals surface area contributed by atoms with Crippen molar-refractivity contribution in [3.8, 4) is 5.75 Å². The van der Waals surface area contributed by atoms with E-state index in [0.717, 1.165) is 23.4 Å². The van der Waals surface area contributed by atoms with Crippen LogP contribution < -0.4 is 15.4 Å². The van der Waals surface area contributed by atoms with Crippen LogP contribution in [0.25, 0.3) is 0 Å². The van der Waals surface area contributed by atoms with Crippen molar-refractivity contribution in [2.45, 2.75) is 32.7 Å². The van der Waals surface area contributed by atoms with Crippen LogP contribution in [0.4, 0.5) is 4.79 Å². The summed E-state index contributed by atoms with van der Waals surface area (Å²) in [5.41, 5.74) is 2.16. The molecule has 0 radical (unpaired) electrons. The molecule has 2 N–H and O–H groups in total. The molecule has 2 amide bonds. The summed E-state index contributed by atoms with van der Waals surface area (Å²) >= 11 is 0. The van der Waals surface area contributed by atoms with Gasteiger partial charge < -0.3 is 15.4 Å². The molecule has 1 aromatic carbocycles. The van der Waals surface area contributed by atoms with Crippen molar-refractivity contribution >= 4 is 6.03 Å². The normalized spacial score (nSPS) is 15.7. The molecule has 1 aliphatic rings. The number of amides is 2. The molecule has 0 heterocycles. The van der Waals surface area contributed by atoms with Crippen LogP contribution in [0.15, 0.2) is 18.2 Å². The molecular weight excluding hydrogens is 240 g/mol. The fourth-order valence-corrected chi connectivity index (χ4v) is 2.08. The zero-order valence-corrected chi connectivity index (χ0v) is 11.8. The summed E-state index contributed by atoms with van der Waals surface area (Å²) in [4.78, 5) is 11.8. The van der Waals surface area contributed by atoms with E-state index in [-0.39, 0.29) is 12.1 Å². The van der Waals surface area contributed by atoms with Crippen molar-refractivity contribution in [1.29, 1.82) is 0 Å². The Morgan fingerprint density at radius 1 is 1.47 bits per heavy atom. The largest absolute Gasteiger partial charge is 0.496 e. The predicted octanol–water partition coefficient (Wildman–Crippen LogP) is 2.77. The Balaban J connectivity index is 1.95. The molecule has 19 heavy (non-hydrogen) atoms. The number of benzene rings is 1. The van der Waals surface area contributed by atoms with Gasteiger partial charge in [0.1, 0.15) is 5.75 Å². The summed E-state index contributed by atoms with van der Waals surface area (Å²) in [6.45, 7) is 4.78. The third kappa shape index (κ3) is 3.88. The predicted molar refractivity (Wildman–Crippen MR) is 75.4 cm³/mol. The summed E-state index contributed by atoms with van der Waals surface area (Å²) in [6.07, 6.45) is 2.48. The molecule has 1 atom stereocenters. The van der Waals surface area contributed by atoms with Gasteiger partial charge in [0, 0.05) is 12.1 Å². The van der Waals surface area contributed by atoms with Gasteiger partial charge in [0.05, 0.1) is 13.2 Å². The van der Waals surface area contributed by atoms with Crippen LogP contribution in [0.1, 0.15) is 36.9 Å². The van der Waals surface area contributed by atoms with Gasteiger partial charge in [-0.05, 0) is 38.7 Å². The lowest BCUT2D eigenvalue weighted by molar-refractivity contribution is 0.237. The van der Waals surface area contributed by atoms with E-state index in [1.807, 2.05) is 32.0 Å². The van der Waals surface area contributed by atoms with Gasteiger partial charge in [-0.15, -0.1) is 0 Å². The molecule has 1 fully saturated rings. The lowest BCUT2D eigenvalue weighted by atomic mass is 10.0. The second-order valence-electron chi connectivity index (χ2n) is 5.26. The number of rotatable bonds is 5. The summed E-state index contributed by atoms with van der Waals surface area (Å²) in [5, 5.41) is 5.86. The first-order valence-electron chi connectivity index (χ1n) is 6.79. The summed E-state index contributed by atoms with van der Waals surface area (Å²) < 4.78 is 5.34. The van der Waals surface area contributed by atoms with Gasteiger partial charge in [-0.2, -0.15) is 0 Å². The highest BCUT2D eigenvalue weighted by Crippen LogP contribution is 2.28. The monoisotopic (exact) mass is 262 g/mol. The first kappa shape index (κ1) is 13.7. The van der Waals surface area contributed by atoms with Gasteiger partial charge in [-0.1, -0.05) is 17.7 Å². The lowest BCUT2D eigenvalue weighted by Crippen LogP contribution is -2.38. The number of carbonyl (C=O) groups is 1. The van der Waals surface area contributed by atoms with E-state index in [4.69, 9.17) is 4.74 Å². The SMILES string of the molecule is COc1ccc(C)cc1[C@H](C)NC(=O)NCC1CC1. The molecule has 0 spiro atoms. The molecule has 104 valence electrons. The maximum atomic E-state index is 11.8. The van der Waals surface area contributed by atoms with E-state index in [1.54, 1.807) is 7.11 Å². The number of aryl methyl sites for hydroxylation is 1. The zero-order valence-electron chi connectivity index (χ0n) is 11.8. The van der Waals surface area contributed by atoms with Crippen LogP contribution in [0.2, 0.25) is 0 Å². The first-order valence-corrected chi connectivity index (χ1v) is 6.79. The molecule has 0 bridgehead atoms. The molecule has 0 unspecified atom stereocenters. The number of hydrogen-bond acceptors (Lipinski definition) is 2. The molecule has 0 aliphatic heterocycles. The molecule has 4 nitrogen and oxygen atoms in total. The van der Waals surface area contributed by atoms with Gasteiger partial charge in [-0.25, -0.2) is 4.79 Å². The van der Waals surface area contributed by atoms with Crippen LogP contribution in [0.5, 0.6) is 5.75 Å². The molecule has 1 saturated carbocycles. The Labute approximate surface area is 114 Å². The van der Waals surface area contributed by atoms with E-state index < -0.39 is 0 Å². The van der Waals surface area contributed by atoms with Crippen molar-refractivity contribution in [1.82, 2.24) is 10.6 Å². The van der Waals surface area contributed by atoms with Crippen molar-refractivity contribution in [3.63, 3.8) is 0 Å². The van der Waals surface area contributed by atoms with E-state index in [9.17, 15) is 4.79 Å². The van der Waals surface area contributed by atoms with E-state index in [1.165, 1.54) is 12.8 Å². The standard InChI is InChI=1S/C15H22N2O2/c1-10-4-7-14(19-3)13(8-10)11(2)17-15(18)16-9-12-5-6-12/h4,7-8,11-12H,5-6,9H2,1-3H3,(H2,16,17,18)/t11-/m0/s1. The van der Waals surface area contributed by atoms with Gasteiger partial charge in [-0.3, -0.25) is 0 Å². The zero-order chi connectivity index (χ0) is 13.8. The highest BCUT2D eigenvalue weighted by Gasteiger charge is 2.22. The second-order valence-corrected chi connectivity index (χ2v) is 5.26. The second kappa shape index (κ2) is 5.95. The lowest BCUT2D eigenvalue weighted by Gasteiger charge is -2.18. The molecule has 0 aromatic heterocycles. The third-order valence-corrected chi connectivity index (χ3v) is 3.45. The van der Waals surface area contributed by atoms with Crippen molar-refractivity contribution < 1.29 is 9.53 Å². The Bertz CT molecular complexity index is 455. The number of nitrogens with one attached hydrogen (secondary N) is 2. The van der Waals surface area contributed by atoms with Gasteiger partial charge in [0.2, 0.25) is 0 Å². The first-order chi connectivity index (χ1) is 9.10. The fraction of sp³-hybridized carbons (Fsp3) is 0.533. The Morgan fingerprint density at radius 2 is 2.21 bits per heavy atom. The number of carbonyl (C=O) groups excluding carboxylic acids is 1. The van der Waals surface area contributed by atoms with Crippen LogP contribution in [-0.4, -0.2) is 19.7 Å². The minimum Gasteiger partial charge on any atom is -0.496 e. The van der Waals surface area contributed by atoms with Crippen LogP contribution in [-0.2, 0) is 0 Å². The molecule has 4 heteroatoms. The van der Waals surface area contributed by atoms with E-state index in [0.29, 0.717) is 5.92 Å². The molecule has 2 rings (SSSR count).